The zero-order chi connectivity index (χ0) is 14.6. The number of rotatable bonds is 5. The second-order valence-corrected chi connectivity index (χ2v) is 5.95. The summed E-state index contributed by atoms with van der Waals surface area (Å²) in [5.41, 5.74) is 0.965. The van der Waals surface area contributed by atoms with Crippen molar-refractivity contribution in [1.29, 1.82) is 0 Å². The number of carboxylic acids is 1. The molecule has 5 nitrogen and oxygen atoms in total. The highest BCUT2D eigenvalue weighted by molar-refractivity contribution is 7.91. The van der Waals surface area contributed by atoms with Crippen LogP contribution in [0.5, 0.6) is 0 Å². The van der Waals surface area contributed by atoms with Crippen LogP contribution in [0.25, 0.3) is 0 Å². The Kier molecular flexibility index (Phi) is 4.05. The van der Waals surface area contributed by atoms with E-state index >= 15 is 0 Å². The van der Waals surface area contributed by atoms with Crippen LogP contribution in [-0.2, 0) is 15.8 Å². The summed E-state index contributed by atoms with van der Waals surface area (Å²) in [5.74, 6) is -1.36. The van der Waals surface area contributed by atoms with Crippen molar-refractivity contribution in [3.05, 3.63) is 65.7 Å². The Morgan fingerprint density at radius 1 is 1.05 bits per heavy atom. The van der Waals surface area contributed by atoms with Crippen molar-refractivity contribution in [3.8, 4) is 0 Å². The SMILES string of the molecule is O=C(O)c1cccc(CS(=O)(=O)Nc2ccccc2)c1. The van der Waals surface area contributed by atoms with Gasteiger partial charge in [0, 0.05) is 5.69 Å². The molecular formula is C14H13NO4S. The van der Waals surface area contributed by atoms with Crippen LogP contribution < -0.4 is 4.72 Å². The average molecular weight is 291 g/mol. The number of anilines is 1. The highest BCUT2D eigenvalue weighted by atomic mass is 32.2. The van der Waals surface area contributed by atoms with E-state index in [0.717, 1.165) is 0 Å². The summed E-state index contributed by atoms with van der Waals surface area (Å²) >= 11 is 0. The topological polar surface area (TPSA) is 83.5 Å². The Balaban J connectivity index is 2.16. The first-order valence-electron chi connectivity index (χ1n) is 5.84. The molecule has 2 rings (SSSR count). The molecule has 0 saturated carbocycles. The summed E-state index contributed by atoms with van der Waals surface area (Å²) in [4.78, 5) is 10.8. The van der Waals surface area contributed by atoms with Crippen molar-refractivity contribution in [2.24, 2.45) is 0 Å². The lowest BCUT2D eigenvalue weighted by atomic mass is 10.1. The fraction of sp³-hybridized carbons (Fsp3) is 0.0714. The number of para-hydroxylation sites is 1. The molecule has 104 valence electrons. The molecule has 0 fully saturated rings. The van der Waals surface area contributed by atoms with Gasteiger partial charge in [-0.05, 0) is 29.8 Å². The van der Waals surface area contributed by atoms with E-state index in [1.165, 1.54) is 18.2 Å². The van der Waals surface area contributed by atoms with Crippen LogP contribution in [-0.4, -0.2) is 19.5 Å². The molecule has 0 amide bonds. The van der Waals surface area contributed by atoms with Gasteiger partial charge in [-0.3, -0.25) is 4.72 Å². The first-order chi connectivity index (χ1) is 9.46. The quantitative estimate of drug-likeness (QED) is 0.885. The van der Waals surface area contributed by atoms with Gasteiger partial charge in [0.05, 0.1) is 11.3 Å². The van der Waals surface area contributed by atoms with E-state index in [1.54, 1.807) is 36.4 Å². The molecule has 0 aliphatic rings. The van der Waals surface area contributed by atoms with E-state index in [9.17, 15) is 13.2 Å². The van der Waals surface area contributed by atoms with E-state index in [-0.39, 0.29) is 11.3 Å². The summed E-state index contributed by atoms with van der Waals surface area (Å²) in [6.45, 7) is 0. The minimum absolute atomic E-state index is 0.0670. The maximum Gasteiger partial charge on any atom is 0.335 e. The summed E-state index contributed by atoms with van der Waals surface area (Å²) in [6.07, 6.45) is 0. The van der Waals surface area contributed by atoms with Crippen LogP contribution in [0.15, 0.2) is 54.6 Å². The van der Waals surface area contributed by atoms with Crippen molar-refractivity contribution in [2.45, 2.75) is 5.75 Å². The number of benzene rings is 2. The zero-order valence-electron chi connectivity index (χ0n) is 10.5. The molecule has 0 aromatic heterocycles. The Hall–Kier alpha value is -2.34. The summed E-state index contributed by atoms with van der Waals surface area (Å²) in [5, 5.41) is 8.88. The summed E-state index contributed by atoms with van der Waals surface area (Å²) in [7, 11) is -3.57. The molecule has 0 unspecified atom stereocenters. The lowest BCUT2D eigenvalue weighted by Gasteiger charge is -2.08. The molecule has 0 heterocycles. The molecule has 2 aromatic carbocycles. The molecule has 0 radical (unpaired) electrons. The van der Waals surface area contributed by atoms with Crippen LogP contribution >= 0.6 is 0 Å². The van der Waals surface area contributed by atoms with Gasteiger partial charge in [-0.1, -0.05) is 30.3 Å². The molecule has 0 aliphatic heterocycles. The van der Waals surface area contributed by atoms with Crippen molar-refractivity contribution >= 4 is 21.7 Å². The van der Waals surface area contributed by atoms with Crippen molar-refractivity contribution in [1.82, 2.24) is 0 Å². The van der Waals surface area contributed by atoms with Crippen LogP contribution in [0.4, 0.5) is 5.69 Å². The Bertz CT molecular complexity index is 711. The van der Waals surface area contributed by atoms with Gasteiger partial charge < -0.3 is 5.11 Å². The fourth-order valence-electron chi connectivity index (χ4n) is 1.74. The van der Waals surface area contributed by atoms with Crippen molar-refractivity contribution in [2.75, 3.05) is 4.72 Å². The molecule has 2 aromatic rings. The standard InChI is InChI=1S/C14H13NO4S/c16-14(17)12-6-4-5-11(9-12)10-20(18,19)15-13-7-2-1-3-8-13/h1-9,15H,10H2,(H,16,17). The maximum absolute atomic E-state index is 12.0. The molecule has 20 heavy (non-hydrogen) atoms. The maximum atomic E-state index is 12.0. The summed E-state index contributed by atoms with van der Waals surface area (Å²) in [6, 6.07) is 14.4. The minimum atomic E-state index is -3.57. The number of carboxylic acid groups (broad SMARTS) is 1. The van der Waals surface area contributed by atoms with Gasteiger partial charge in [-0.2, -0.15) is 0 Å². The van der Waals surface area contributed by atoms with Crippen molar-refractivity contribution in [3.63, 3.8) is 0 Å². The summed E-state index contributed by atoms with van der Waals surface area (Å²) < 4.78 is 26.4. The van der Waals surface area contributed by atoms with E-state index in [4.69, 9.17) is 5.11 Å². The normalized spacial score (nSPS) is 11.0. The molecule has 0 atom stereocenters. The highest BCUT2D eigenvalue weighted by Crippen LogP contribution is 2.13. The van der Waals surface area contributed by atoms with Gasteiger partial charge in [-0.15, -0.1) is 0 Å². The van der Waals surface area contributed by atoms with Gasteiger partial charge >= 0.3 is 5.97 Å². The first kappa shape index (κ1) is 14.1. The number of hydrogen-bond donors (Lipinski definition) is 2. The van der Waals surface area contributed by atoms with Crippen molar-refractivity contribution < 1.29 is 18.3 Å². The highest BCUT2D eigenvalue weighted by Gasteiger charge is 2.13. The monoisotopic (exact) mass is 291 g/mol. The molecule has 0 spiro atoms. The molecule has 6 heteroatoms. The minimum Gasteiger partial charge on any atom is -0.478 e. The van der Waals surface area contributed by atoms with E-state index in [1.807, 2.05) is 0 Å². The van der Waals surface area contributed by atoms with Crippen LogP contribution in [0.1, 0.15) is 15.9 Å². The zero-order valence-corrected chi connectivity index (χ0v) is 11.3. The second kappa shape index (κ2) is 5.75. The third-order valence-corrected chi connectivity index (χ3v) is 3.84. The van der Waals surface area contributed by atoms with Crippen LogP contribution in [0.3, 0.4) is 0 Å². The van der Waals surface area contributed by atoms with Gasteiger partial charge in [0.15, 0.2) is 0 Å². The van der Waals surface area contributed by atoms with E-state index in [0.29, 0.717) is 11.3 Å². The predicted molar refractivity (Wildman–Crippen MR) is 76.1 cm³/mol. The number of aromatic carboxylic acids is 1. The Morgan fingerprint density at radius 3 is 2.40 bits per heavy atom. The number of sulfonamides is 1. The smallest absolute Gasteiger partial charge is 0.335 e. The molecule has 0 bridgehead atoms. The number of carbonyl (C=O) groups is 1. The number of hydrogen-bond acceptors (Lipinski definition) is 3. The van der Waals surface area contributed by atoms with E-state index < -0.39 is 16.0 Å². The van der Waals surface area contributed by atoms with Gasteiger partial charge in [0.2, 0.25) is 10.0 Å². The Morgan fingerprint density at radius 2 is 1.75 bits per heavy atom. The largest absolute Gasteiger partial charge is 0.478 e. The lowest BCUT2D eigenvalue weighted by Crippen LogP contribution is -2.15. The molecule has 2 N–H and O–H groups in total. The fourth-order valence-corrected chi connectivity index (χ4v) is 2.92. The first-order valence-corrected chi connectivity index (χ1v) is 7.49. The predicted octanol–water partition coefficient (Wildman–Crippen LogP) is 2.33. The third kappa shape index (κ3) is 3.83. The Labute approximate surface area is 116 Å². The number of nitrogens with one attached hydrogen (secondary N) is 1. The van der Waals surface area contributed by atoms with Crippen LogP contribution in [0, 0.1) is 0 Å². The molecular weight excluding hydrogens is 278 g/mol. The molecule has 0 aliphatic carbocycles. The lowest BCUT2D eigenvalue weighted by molar-refractivity contribution is 0.0696. The second-order valence-electron chi connectivity index (χ2n) is 4.23. The van der Waals surface area contributed by atoms with Gasteiger partial charge in [0.25, 0.3) is 0 Å². The van der Waals surface area contributed by atoms with Gasteiger partial charge in [-0.25, -0.2) is 13.2 Å². The third-order valence-electron chi connectivity index (χ3n) is 2.58. The average Bonchev–Trinajstić information content (AvgIpc) is 2.39. The van der Waals surface area contributed by atoms with Crippen LogP contribution in [0.2, 0.25) is 0 Å². The van der Waals surface area contributed by atoms with Gasteiger partial charge in [0.1, 0.15) is 0 Å². The molecule has 0 saturated heterocycles. The van der Waals surface area contributed by atoms with E-state index in [2.05, 4.69) is 4.72 Å².